The molecule has 0 bridgehead atoms. The first kappa shape index (κ1) is 17.9. The van der Waals surface area contributed by atoms with Gasteiger partial charge in [0.05, 0.1) is 5.69 Å². The molecule has 0 spiro atoms. The summed E-state index contributed by atoms with van der Waals surface area (Å²) in [5, 5.41) is 3.82. The zero-order valence-corrected chi connectivity index (χ0v) is 15.5. The Morgan fingerprint density at radius 3 is 2.12 bits per heavy atom. The van der Waals surface area contributed by atoms with Gasteiger partial charge in [0.25, 0.3) is 11.8 Å². The number of hydrogen-bond donors (Lipinski definition) is 1. The lowest BCUT2D eigenvalue weighted by atomic mass is 10.1. The van der Waals surface area contributed by atoms with Crippen molar-refractivity contribution in [1.29, 1.82) is 0 Å². The third-order valence-electron chi connectivity index (χ3n) is 3.38. The summed E-state index contributed by atoms with van der Waals surface area (Å²) in [7, 11) is 0. The molecule has 1 aliphatic heterocycles. The molecule has 3 rings (SSSR count). The molecule has 1 aliphatic rings. The van der Waals surface area contributed by atoms with Crippen LogP contribution in [-0.4, -0.2) is 16.9 Å². The summed E-state index contributed by atoms with van der Waals surface area (Å²) < 4.78 is 0. The predicted molar refractivity (Wildman–Crippen MR) is 104 cm³/mol. The lowest BCUT2D eigenvalue weighted by Crippen LogP contribution is -2.54. The molecular formula is C17H9Cl3N2O2S. The van der Waals surface area contributed by atoms with Crippen LogP contribution in [0.5, 0.6) is 0 Å². The summed E-state index contributed by atoms with van der Waals surface area (Å²) in [5.74, 6) is -1.14. The molecule has 0 atom stereocenters. The van der Waals surface area contributed by atoms with Gasteiger partial charge in [0.2, 0.25) is 0 Å². The summed E-state index contributed by atoms with van der Waals surface area (Å²) in [4.78, 5) is 26.3. The lowest BCUT2D eigenvalue weighted by molar-refractivity contribution is -0.122. The van der Waals surface area contributed by atoms with Crippen LogP contribution in [0.3, 0.4) is 0 Å². The Balaban J connectivity index is 2.03. The average molecular weight is 412 g/mol. The highest BCUT2D eigenvalue weighted by molar-refractivity contribution is 7.80. The predicted octanol–water partition coefficient (Wildman–Crippen LogP) is 4.48. The molecule has 2 aromatic rings. The summed E-state index contributed by atoms with van der Waals surface area (Å²) in [5.41, 5.74) is 0.941. The number of halogens is 3. The van der Waals surface area contributed by atoms with Crippen LogP contribution in [0.1, 0.15) is 5.56 Å². The van der Waals surface area contributed by atoms with E-state index in [1.165, 1.54) is 11.0 Å². The van der Waals surface area contributed by atoms with Gasteiger partial charge < -0.3 is 0 Å². The van der Waals surface area contributed by atoms with E-state index >= 15 is 0 Å². The van der Waals surface area contributed by atoms with E-state index in [0.29, 0.717) is 26.3 Å². The minimum atomic E-state index is -0.587. The molecule has 4 nitrogen and oxygen atoms in total. The first-order valence-electron chi connectivity index (χ1n) is 6.98. The molecule has 1 N–H and O–H groups in total. The molecule has 25 heavy (non-hydrogen) atoms. The highest BCUT2D eigenvalue weighted by atomic mass is 35.5. The summed E-state index contributed by atoms with van der Waals surface area (Å²) >= 11 is 22.9. The second kappa shape index (κ2) is 7.14. The zero-order chi connectivity index (χ0) is 18.1. The van der Waals surface area contributed by atoms with Gasteiger partial charge in [-0.2, -0.15) is 0 Å². The highest BCUT2D eigenvalue weighted by Gasteiger charge is 2.34. The van der Waals surface area contributed by atoms with E-state index in [0.717, 1.165) is 0 Å². The summed E-state index contributed by atoms with van der Waals surface area (Å²) in [6.07, 6.45) is 1.42. The number of anilines is 1. The summed E-state index contributed by atoms with van der Waals surface area (Å²) in [6.45, 7) is 0. The first-order valence-corrected chi connectivity index (χ1v) is 8.52. The molecule has 0 radical (unpaired) electrons. The smallest absolute Gasteiger partial charge is 0.270 e. The van der Waals surface area contributed by atoms with E-state index < -0.39 is 11.8 Å². The van der Waals surface area contributed by atoms with E-state index in [1.807, 2.05) is 0 Å². The van der Waals surface area contributed by atoms with Crippen LogP contribution in [0.2, 0.25) is 15.1 Å². The van der Waals surface area contributed by atoms with Gasteiger partial charge in [-0.3, -0.25) is 19.8 Å². The zero-order valence-electron chi connectivity index (χ0n) is 12.4. The number of benzene rings is 2. The normalized spacial score (nSPS) is 16.4. The monoisotopic (exact) mass is 410 g/mol. The molecule has 2 aromatic carbocycles. The number of amides is 2. The maximum absolute atomic E-state index is 12.8. The Bertz CT molecular complexity index is 906. The number of carbonyl (C=O) groups is 2. The Labute approximate surface area is 164 Å². The summed E-state index contributed by atoms with van der Waals surface area (Å²) in [6, 6.07) is 11.3. The van der Waals surface area contributed by atoms with Gasteiger partial charge >= 0.3 is 0 Å². The van der Waals surface area contributed by atoms with Crippen molar-refractivity contribution in [2.45, 2.75) is 0 Å². The molecule has 2 amide bonds. The first-order chi connectivity index (χ1) is 11.8. The maximum Gasteiger partial charge on any atom is 0.270 e. The fraction of sp³-hybridized carbons (Fsp3) is 0. The van der Waals surface area contributed by atoms with Crippen LogP contribution in [0.4, 0.5) is 5.69 Å². The van der Waals surface area contributed by atoms with E-state index in [4.69, 9.17) is 47.0 Å². The van der Waals surface area contributed by atoms with Crippen molar-refractivity contribution in [2.24, 2.45) is 0 Å². The number of rotatable bonds is 2. The van der Waals surface area contributed by atoms with Crippen LogP contribution in [0.25, 0.3) is 6.08 Å². The number of nitrogens with one attached hydrogen (secondary N) is 1. The number of thiocarbonyl (C=S) groups is 1. The second-order valence-electron chi connectivity index (χ2n) is 5.14. The van der Waals surface area contributed by atoms with Gasteiger partial charge in [0.15, 0.2) is 5.11 Å². The Kier molecular flexibility index (Phi) is 5.11. The Morgan fingerprint density at radius 2 is 1.52 bits per heavy atom. The Hall–Kier alpha value is -1.92. The maximum atomic E-state index is 12.8. The minimum Gasteiger partial charge on any atom is -0.298 e. The standard InChI is InChI=1S/C17H9Cl3N2O2S/c18-10-1-3-13(4-2-10)22-16(24)14(15(23)21-17(22)25)7-9-5-11(19)8-12(20)6-9/h1-8H,(H,21,23,25)/b14-7+. The average Bonchev–Trinajstić information content (AvgIpc) is 2.52. The molecular weight excluding hydrogens is 403 g/mol. The quantitative estimate of drug-likeness (QED) is 0.450. The molecule has 0 saturated carbocycles. The third kappa shape index (κ3) is 3.85. The van der Waals surface area contributed by atoms with Crippen LogP contribution in [0, 0.1) is 0 Å². The topological polar surface area (TPSA) is 49.4 Å². The molecule has 126 valence electrons. The molecule has 0 aromatic heterocycles. The molecule has 0 unspecified atom stereocenters. The van der Waals surface area contributed by atoms with Gasteiger partial charge in [-0.25, -0.2) is 0 Å². The van der Waals surface area contributed by atoms with Gasteiger partial charge in [0, 0.05) is 15.1 Å². The largest absolute Gasteiger partial charge is 0.298 e. The second-order valence-corrected chi connectivity index (χ2v) is 6.83. The van der Waals surface area contributed by atoms with E-state index in [2.05, 4.69) is 5.32 Å². The van der Waals surface area contributed by atoms with Gasteiger partial charge in [-0.05, 0) is 66.3 Å². The van der Waals surface area contributed by atoms with Crippen molar-refractivity contribution in [3.05, 3.63) is 68.7 Å². The molecule has 1 fully saturated rings. The van der Waals surface area contributed by atoms with E-state index in [1.54, 1.807) is 42.5 Å². The van der Waals surface area contributed by atoms with Crippen molar-refractivity contribution >= 4 is 75.7 Å². The van der Waals surface area contributed by atoms with Crippen molar-refractivity contribution in [3.8, 4) is 0 Å². The van der Waals surface area contributed by atoms with E-state index in [9.17, 15) is 9.59 Å². The fourth-order valence-electron chi connectivity index (χ4n) is 2.31. The lowest BCUT2D eigenvalue weighted by Gasteiger charge is -2.29. The van der Waals surface area contributed by atoms with Crippen molar-refractivity contribution in [3.63, 3.8) is 0 Å². The van der Waals surface area contributed by atoms with Crippen LogP contribution in [0.15, 0.2) is 48.0 Å². The highest BCUT2D eigenvalue weighted by Crippen LogP contribution is 2.25. The number of hydrogen-bond acceptors (Lipinski definition) is 3. The minimum absolute atomic E-state index is 0.00130. The number of carbonyl (C=O) groups excluding carboxylic acids is 2. The van der Waals surface area contributed by atoms with Crippen molar-refractivity contribution in [2.75, 3.05) is 4.90 Å². The van der Waals surface area contributed by atoms with Crippen LogP contribution in [-0.2, 0) is 9.59 Å². The molecule has 0 aliphatic carbocycles. The molecule has 8 heteroatoms. The van der Waals surface area contributed by atoms with Crippen molar-refractivity contribution < 1.29 is 9.59 Å². The Morgan fingerprint density at radius 1 is 0.920 bits per heavy atom. The van der Waals surface area contributed by atoms with Crippen LogP contribution < -0.4 is 10.2 Å². The molecule has 1 heterocycles. The number of nitrogens with zero attached hydrogens (tertiary/aromatic N) is 1. The SMILES string of the molecule is O=C1NC(=S)N(c2ccc(Cl)cc2)C(=O)/C1=C/c1cc(Cl)cc(Cl)c1. The van der Waals surface area contributed by atoms with Gasteiger partial charge in [-0.1, -0.05) is 34.8 Å². The van der Waals surface area contributed by atoms with Crippen LogP contribution >= 0.6 is 47.0 Å². The van der Waals surface area contributed by atoms with E-state index in [-0.39, 0.29) is 10.7 Å². The van der Waals surface area contributed by atoms with Gasteiger partial charge in [-0.15, -0.1) is 0 Å². The molecule has 1 saturated heterocycles. The van der Waals surface area contributed by atoms with Gasteiger partial charge in [0.1, 0.15) is 5.57 Å². The van der Waals surface area contributed by atoms with Crippen molar-refractivity contribution in [1.82, 2.24) is 5.32 Å². The third-order valence-corrected chi connectivity index (χ3v) is 4.36. The fourth-order valence-corrected chi connectivity index (χ4v) is 3.26.